The molecule has 0 aromatic heterocycles. The minimum atomic E-state index is -1.16. The molecule has 2 unspecified atom stereocenters. The van der Waals surface area contributed by atoms with Crippen LogP contribution >= 0.6 is 23.2 Å². The van der Waals surface area contributed by atoms with E-state index >= 15 is 0 Å². The molecular formula is C12H15Cl2FO. The molecule has 2 atom stereocenters. The normalized spacial score (nSPS) is 16.9. The van der Waals surface area contributed by atoms with Crippen molar-refractivity contribution in [3.8, 4) is 0 Å². The number of benzene rings is 1. The van der Waals surface area contributed by atoms with Gasteiger partial charge in [0.25, 0.3) is 0 Å². The summed E-state index contributed by atoms with van der Waals surface area (Å²) < 4.78 is 13.4. The van der Waals surface area contributed by atoms with E-state index in [1.165, 1.54) is 12.1 Å². The van der Waals surface area contributed by atoms with Gasteiger partial charge in [0.2, 0.25) is 0 Å². The van der Waals surface area contributed by atoms with Crippen molar-refractivity contribution in [1.82, 2.24) is 0 Å². The Morgan fingerprint density at radius 3 is 2.44 bits per heavy atom. The van der Waals surface area contributed by atoms with E-state index in [0.29, 0.717) is 5.56 Å². The average Bonchev–Trinajstić information content (AvgIpc) is 2.21. The summed E-state index contributed by atoms with van der Waals surface area (Å²) in [7, 11) is 0. The highest BCUT2D eigenvalue weighted by Gasteiger charge is 2.32. The molecule has 1 rings (SSSR count). The molecule has 0 fully saturated rings. The van der Waals surface area contributed by atoms with Crippen LogP contribution in [-0.4, -0.2) is 5.11 Å². The maximum Gasteiger partial charge on any atom is 0.142 e. The summed E-state index contributed by atoms with van der Waals surface area (Å²) in [5, 5.41) is 10.6. The lowest BCUT2D eigenvalue weighted by molar-refractivity contribution is -0.000134. The molecule has 0 aliphatic carbocycles. The zero-order valence-electron chi connectivity index (χ0n) is 9.52. The number of hydrogen-bond donors (Lipinski definition) is 1. The van der Waals surface area contributed by atoms with E-state index < -0.39 is 11.4 Å². The van der Waals surface area contributed by atoms with Crippen molar-refractivity contribution in [3.63, 3.8) is 0 Å². The minimum absolute atomic E-state index is 0.0226. The molecule has 0 spiro atoms. The zero-order chi connectivity index (χ0) is 12.5. The van der Waals surface area contributed by atoms with E-state index in [4.69, 9.17) is 23.2 Å². The Balaban J connectivity index is 3.27. The van der Waals surface area contributed by atoms with Crippen LogP contribution in [0.15, 0.2) is 12.1 Å². The van der Waals surface area contributed by atoms with Crippen molar-refractivity contribution in [1.29, 1.82) is 0 Å². The van der Waals surface area contributed by atoms with E-state index in [1.54, 1.807) is 6.92 Å². The smallest absolute Gasteiger partial charge is 0.142 e. The summed E-state index contributed by atoms with van der Waals surface area (Å²) in [6.07, 6.45) is 0.771. The molecule has 4 heteroatoms. The summed E-state index contributed by atoms with van der Waals surface area (Å²) in [6, 6.07) is 2.53. The predicted molar refractivity (Wildman–Crippen MR) is 65.4 cm³/mol. The van der Waals surface area contributed by atoms with Gasteiger partial charge in [-0.3, -0.25) is 0 Å². The van der Waals surface area contributed by atoms with Crippen LogP contribution in [0.5, 0.6) is 0 Å². The third-order valence-corrected chi connectivity index (χ3v) is 3.73. The van der Waals surface area contributed by atoms with Crippen LogP contribution in [0.4, 0.5) is 4.39 Å². The maximum atomic E-state index is 13.4. The Morgan fingerprint density at radius 2 is 1.94 bits per heavy atom. The second-order valence-corrected chi connectivity index (χ2v) is 5.02. The highest BCUT2D eigenvalue weighted by Crippen LogP contribution is 2.37. The van der Waals surface area contributed by atoms with Gasteiger partial charge in [0, 0.05) is 10.6 Å². The predicted octanol–water partition coefficient (Wildman–Crippen LogP) is 4.39. The largest absolute Gasteiger partial charge is 0.385 e. The first kappa shape index (κ1) is 13.8. The summed E-state index contributed by atoms with van der Waals surface area (Å²) in [4.78, 5) is 0. The molecule has 0 radical (unpaired) electrons. The Labute approximate surface area is 105 Å². The van der Waals surface area contributed by atoms with Crippen LogP contribution < -0.4 is 0 Å². The second-order valence-electron chi connectivity index (χ2n) is 4.20. The zero-order valence-corrected chi connectivity index (χ0v) is 11.0. The first-order valence-corrected chi connectivity index (χ1v) is 5.93. The lowest BCUT2D eigenvalue weighted by Gasteiger charge is -2.31. The van der Waals surface area contributed by atoms with Crippen LogP contribution in [0, 0.1) is 11.7 Å². The summed E-state index contributed by atoms with van der Waals surface area (Å²) in [5.41, 5.74) is -0.775. The maximum absolute atomic E-state index is 13.4. The lowest BCUT2D eigenvalue weighted by Crippen LogP contribution is -2.30. The van der Waals surface area contributed by atoms with Gasteiger partial charge in [0.15, 0.2) is 0 Å². The Kier molecular flexibility index (Phi) is 4.22. The summed E-state index contributed by atoms with van der Waals surface area (Å²) in [6.45, 7) is 5.48. The molecule has 1 aromatic carbocycles. The molecule has 16 heavy (non-hydrogen) atoms. The van der Waals surface area contributed by atoms with E-state index in [0.717, 1.165) is 6.42 Å². The summed E-state index contributed by atoms with van der Waals surface area (Å²) in [5.74, 6) is -0.588. The van der Waals surface area contributed by atoms with E-state index in [2.05, 4.69) is 0 Å². The van der Waals surface area contributed by atoms with Crippen molar-refractivity contribution in [2.75, 3.05) is 0 Å². The lowest BCUT2D eigenvalue weighted by atomic mass is 9.82. The van der Waals surface area contributed by atoms with Gasteiger partial charge in [-0.15, -0.1) is 0 Å². The Hall–Kier alpha value is -0.310. The fourth-order valence-corrected chi connectivity index (χ4v) is 2.15. The molecular weight excluding hydrogens is 250 g/mol. The van der Waals surface area contributed by atoms with Gasteiger partial charge in [-0.2, -0.15) is 0 Å². The SMILES string of the molecule is CCC(C)C(C)(O)c1cc(F)c(Cl)cc1Cl. The standard InChI is InChI=1S/C12H15Cl2FO/c1-4-7(2)12(3,16)8-5-11(15)10(14)6-9(8)13/h5-7,16H,4H2,1-3H3. The monoisotopic (exact) mass is 264 g/mol. The minimum Gasteiger partial charge on any atom is -0.385 e. The molecule has 0 aliphatic rings. The average molecular weight is 265 g/mol. The first-order valence-electron chi connectivity index (χ1n) is 5.18. The van der Waals surface area contributed by atoms with Crippen LogP contribution in [0.2, 0.25) is 10.0 Å². The van der Waals surface area contributed by atoms with Gasteiger partial charge in [0.1, 0.15) is 5.82 Å². The Morgan fingerprint density at radius 1 is 1.38 bits per heavy atom. The van der Waals surface area contributed by atoms with Crippen molar-refractivity contribution in [3.05, 3.63) is 33.6 Å². The Bertz CT molecular complexity index is 391. The third-order valence-electron chi connectivity index (χ3n) is 3.13. The molecule has 0 heterocycles. The number of aliphatic hydroxyl groups is 1. The van der Waals surface area contributed by atoms with E-state index in [9.17, 15) is 9.50 Å². The number of hydrogen-bond acceptors (Lipinski definition) is 1. The van der Waals surface area contributed by atoms with Crippen LogP contribution in [-0.2, 0) is 5.60 Å². The molecule has 0 saturated heterocycles. The van der Waals surface area contributed by atoms with Crippen molar-refractivity contribution >= 4 is 23.2 Å². The third kappa shape index (κ3) is 2.50. The highest BCUT2D eigenvalue weighted by molar-refractivity contribution is 6.35. The van der Waals surface area contributed by atoms with Gasteiger partial charge in [-0.05, 0) is 25.0 Å². The molecule has 0 amide bonds. The van der Waals surface area contributed by atoms with Gasteiger partial charge < -0.3 is 5.11 Å². The first-order chi connectivity index (χ1) is 7.30. The molecule has 0 aliphatic heterocycles. The van der Waals surface area contributed by atoms with Gasteiger partial charge in [0.05, 0.1) is 10.6 Å². The van der Waals surface area contributed by atoms with E-state index in [-0.39, 0.29) is 16.0 Å². The van der Waals surface area contributed by atoms with Crippen molar-refractivity contribution in [2.45, 2.75) is 32.8 Å². The topological polar surface area (TPSA) is 20.2 Å². The fraction of sp³-hybridized carbons (Fsp3) is 0.500. The van der Waals surface area contributed by atoms with Crippen LogP contribution in [0.3, 0.4) is 0 Å². The van der Waals surface area contributed by atoms with Crippen molar-refractivity contribution in [2.24, 2.45) is 5.92 Å². The number of rotatable bonds is 3. The molecule has 1 nitrogen and oxygen atoms in total. The molecule has 1 N–H and O–H groups in total. The second kappa shape index (κ2) is 4.91. The van der Waals surface area contributed by atoms with Crippen molar-refractivity contribution < 1.29 is 9.50 Å². The molecule has 0 bridgehead atoms. The van der Waals surface area contributed by atoms with E-state index in [1.807, 2.05) is 13.8 Å². The molecule has 1 aromatic rings. The van der Waals surface area contributed by atoms with Gasteiger partial charge in [-0.1, -0.05) is 43.5 Å². The molecule has 90 valence electrons. The van der Waals surface area contributed by atoms with Crippen LogP contribution in [0.1, 0.15) is 32.8 Å². The quantitative estimate of drug-likeness (QED) is 0.804. The van der Waals surface area contributed by atoms with Gasteiger partial charge in [-0.25, -0.2) is 4.39 Å². The van der Waals surface area contributed by atoms with Crippen LogP contribution in [0.25, 0.3) is 0 Å². The fourth-order valence-electron chi connectivity index (χ4n) is 1.57. The summed E-state index contributed by atoms with van der Waals surface area (Å²) >= 11 is 11.6. The number of halogens is 3. The highest BCUT2D eigenvalue weighted by atomic mass is 35.5. The van der Waals surface area contributed by atoms with Gasteiger partial charge >= 0.3 is 0 Å². The molecule has 0 saturated carbocycles.